The molecule has 18 heavy (non-hydrogen) atoms. The van der Waals surface area contributed by atoms with E-state index in [1.165, 1.54) is 47.9 Å². The van der Waals surface area contributed by atoms with Crippen LogP contribution in [0.4, 0.5) is 0 Å². The van der Waals surface area contributed by atoms with Gasteiger partial charge < -0.3 is 5.73 Å². The number of nitrogens with two attached hydrogens (primary N) is 1. The molecule has 1 unspecified atom stereocenters. The van der Waals surface area contributed by atoms with Gasteiger partial charge in [0.1, 0.15) is 0 Å². The van der Waals surface area contributed by atoms with Gasteiger partial charge in [-0.1, -0.05) is 44.4 Å². The monoisotopic (exact) mass is 247 g/mol. The molecule has 0 aliphatic rings. The highest BCUT2D eigenvalue weighted by atomic mass is 14.7. The van der Waals surface area contributed by atoms with Gasteiger partial charge in [-0.2, -0.15) is 0 Å². The van der Waals surface area contributed by atoms with E-state index in [9.17, 15) is 0 Å². The van der Waals surface area contributed by atoms with Gasteiger partial charge in [0.2, 0.25) is 0 Å². The van der Waals surface area contributed by atoms with Crippen molar-refractivity contribution >= 4 is 0 Å². The Kier molecular flexibility index (Phi) is 5.87. The Morgan fingerprint density at radius 3 is 1.78 bits per heavy atom. The zero-order valence-corrected chi connectivity index (χ0v) is 12.7. The molecule has 0 bridgehead atoms. The molecule has 0 saturated heterocycles. The average molecular weight is 247 g/mol. The fraction of sp³-hybridized carbons (Fsp3) is 0.647. The summed E-state index contributed by atoms with van der Waals surface area (Å²) >= 11 is 0. The van der Waals surface area contributed by atoms with Gasteiger partial charge >= 0.3 is 0 Å². The maximum absolute atomic E-state index is 6.56. The Hall–Kier alpha value is -0.820. The van der Waals surface area contributed by atoms with Gasteiger partial charge in [-0.3, -0.25) is 0 Å². The molecule has 1 atom stereocenters. The van der Waals surface area contributed by atoms with E-state index in [0.29, 0.717) is 5.92 Å². The molecule has 0 spiro atoms. The maximum atomic E-state index is 6.56. The molecule has 0 fully saturated rings. The smallest absolute Gasteiger partial charge is 0.0328 e. The molecule has 2 N–H and O–H groups in total. The molecule has 1 aromatic rings. The van der Waals surface area contributed by atoms with Crippen molar-refractivity contribution in [2.75, 3.05) is 0 Å². The third-order valence-corrected chi connectivity index (χ3v) is 3.90. The molecule has 0 amide bonds. The molecular formula is C17H29N. The summed E-state index contributed by atoms with van der Waals surface area (Å²) in [5.74, 6) is 0.625. The van der Waals surface area contributed by atoms with Gasteiger partial charge in [0, 0.05) is 6.04 Å². The van der Waals surface area contributed by atoms with Crippen LogP contribution >= 0.6 is 0 Å². The summed E-state index contributed by atoms with van der Waals surface area (Å²) in [7, 11) is 0. The number of hydrogen-bond acceptors (Lipinski definition) is 1. The first-order valence-corrected chi connectivity index (χ1v) is 7.34. The van der Waals surface area contributed by atoms with E-state index in [-0.39, 0.29) is 6.04 Å². The predicted octanol–water partition coefficient (Wildman–Crippen LogP) is 4.83. The summed E-state index contributed by atoms with van der Waals surface area (Å²) in [5, 5.41) is 0. The lowest BCUT2D eigenvalue weighted by Crippen LogP contribution is -2.23. The van der Waals surface area contributed by atoms with Crippen LogP contribution in [0.25, 0.3) is 0 Å². The van der Waals surface area contributed by atoms with Crippen molar-refractivity contribution < 1.29 is 0 Å². The quantitative estimate of drug-likeness (QED) is 0.765. The average Bonchev–Trinajstić information content (AvgIpc) is 2.27. The van der Waals surface area contributed by atoms with Crippen LogP contribution in [0.3, 0.4) is 0 Å². The lowest BCUT2D eigenvalue weighted by Gasteiger charge is -2.27. The summed E-state index contributed by atoms with van der Waals surface area (Å²) in [6.45, 7) is 11.1. The van der Waals surface area contributed by atoms with Crippen molar-refractivity contribution in [1.82, 2.24) is 0 Å². The zero-order valence-electron chi connectivity index (χ0n) is 12.7. The standard InChI is InChI=1S/C17H29N/c1-6-8-15(9-7-2)17(18)16-13(4)10-12(3)11-14(16)5/h10-11,15,17H,6-9,18H2,1-5H3. The molecule has 1 rings (SSSR count). The highest BCUT2D eigenvalue weighted by molar-refractivity contribution is 5.39. The molecule has 1 nitrogen and oxygen atoms in total. The van der Waals surface area contributed by atoms with Gasteiger partial charge in [0.25, 0.3) is 0 Å². The number of benzene rings is 1. The largest absolute Gasteiger partial charge is 0.324 e. The van der Waals surface area contributed by atoms with Crippen molar-refractivity contribution in [2.24, 2.45) is 11.7 Å². The van der Waals surface area contributed by atoms with E-state index in [1.54, 1.807) is 0 Å². The predicted molar refractivity (Wildman–Crippen MR) is 80.9 cm³/mol. The van der Waals surface area contributed by atoms with E-state index >= 15 is 0 Å². The first-order chi connectivity index (χ1) is 8.51. The second kappa shape index (κ2) is 6.94. The van der Waals surface area contributed by atoms with Gasteiger partial charge in [0.05, 0.1) is 0 Å². The number of hydrogen-bond donors (Lipinski definition) is 1. The minimum atomic E-state index is 0.200. The van der Waals surface area contributed by atoms with Crippen molar-refractivity contribution in [1.29, 1.82) is 0 Å². The highest BCUT2D eigenvalue weighted by Crippen LogP contribution is 2.32. The van der Waals surface area contributed by atoms with Crippen molar-refractivity contribution in [3.63, 3.8) is 0 Å². The van der Waals surface area contributed by atoms with Crippen molar-refractivity contribution in [3.8, 4) is 0 Å². The maximum Gasteiger partial charge on any atom is 0.0328 e. The lowest BCUT2D eigenvalue weighted by atomic mass is 9.83. The van der Waals surface area contributed by atoms with Crippen LogP contribution in [0.15, 0.2) is 12.1 Å². The summed E-state index contributed by atoms with van der Waals surface area (Å²) < 4.78 is 0. The van der Waals surface area contributed by atoms with Crippen LogP contribution in [0.5, 0.6) is 0 Å². The van der Waals surface area contributed by atoms with Gasteiger partial charge in [-0.25, -0.2) is 0 Å². The third kappa shape index (κ3) is 3.58. The summed E-state index contributed by atoms with van der Waals surface area (Å²) in [4.78, 5) is 0. The Labute approximate surface area is 113 Å². The van der Waals surface area contributed by atoms with Crippen LogP contribution in [0, 0.1) is 26.7 Å². The first kappa shape index (κ1) is 15.2. The normalized spacial score (nSPS) is 13.1. The van der Waals surface area contributed by atoms with Crippen LogP contribution < -0.4 is 5.73 Å². The molecule has 1 aromatic carbocycles. The van der Waals surface area contributed by atoms with E-state index in [0.717, 1.165) is 0 Å². The molecule has 1 heteroatoms. The fourth-order valence-electron chi connectivity index (χ4n) is 3.20. The Bertz CT molecular complexity index is 352. The SMILES string of the molecule is CCCC(CCC)C(N)c1c(C)cc(C)cc1C. The zero-order chi connectivity index (χ0) is 13.7. The van der Waals surface area contributed by atoms with Crippen LogP contribution in [0.2, 0.25) is 0 Å². The Morgan fingerprint density at radius 2 is 1.39 bits per heavy atom. The van der Waals surface area contributed by atoms with Crippen molar-refractivity contribution in [2.45, 2.75) is 66.3 Å². The van der Waals surface area contributed by atoms with Crippen LogP contribution in [0.1, 0.15) is 67.8 Å². The minimum Gasteiger partial charge on any atom is -0.324 e. The third-order valence-electron chi connectivity index (χ3n) is 3.90. The molecule has 0 saturated carbocycles. The molecule has 0 radical (unpaired) electrons. The second-order valence-corrected chi connectivity index (χ2v) is 5.68. The van der Waals surface area contributed by atoms with Gasteiger partial charge in [-0.05, 0) is 56.2 Å². The molecule has 102 valence electrons. The molecular weight excluding hydrogens is 218 g/mol. The first-order valence-electron chi connectivity index (χ1n) is 7.34. The Balaban J connectivity index is 3.03. The van der Waals surface area contributed by atoms with E-state index in [2.05, 4.69) is 46.8 Å². The van der Waals surface area contributed by atoms with Crippen molar-refractivity contribution in [3.05, 3.63) is 34.4 Å². The van der Waals surface area contributed by atoms with E-state index in [4.69, 9.17) is 5.73 Å². The summed E-state index contributed by atoms with van der Waals surface area (Å²) in [6, 6.07) is 4.72. The topological polar surface area (TPSA) is 26.0 Å². The van der Waals surface area contributed by atoms with Gasteiger partial charge in [0.15, 0.2) is 0 Å². The molecule has 0 aromatic heterocycles. The number of rotatable bonds is 6. The van der Waals surface area contributed by atoms with E-state index in [1.807, 2.05) is 0 Å². The minimum absolute atomic E-state index is 0.200. The second-order valence-electron chi connectivity index (χ2n) is 5.68. The van der Waals surface area contributed by atoms with E-state index < -0.39 is 0 Å². The van der Waals surface area contributed by atoms with Gasteiger partial charge in [-0.15, -0.1) is 0 Å². The van der Waals surface area contributed by atoms with Crippen LogP contribution in [-0.2, 0) is 0 Å². The Morgan fingerprint density at radius 1 is 0.944 bits per heavy atom. The van der Waals surface area contributed by atoms with Crippen LogP contribution in [-0.4, -0.2) is 0 Å². The fourth-order valence-corrected chi connectivity index (χ4v) is 3.20. The molecule has 0 aliphatic heterocycles. The number of aryl methyl sites for hydroxylation is 3. The summed E-state index contributed by atoms with van der Waals surface area (Å²) in [6.07, 6.45) is 4.92. The summed E-state index contributed by atoms with van der Waals surface area (Å²) in [5.41, 5.74) is 12.0. The highest BCUT2D eigenvalue weighted by Gasteiger charge is 2.21. The lowest BCUT2D eigenvalue weighted by molar-refractivity contribution is 0.367. The molecule has 0 heterocycles. The molecule has 0 aliphatic carbocycles.